The van der Waals surface area contributed by atoms with E-state index in [4.69, 9.17) is 14.8 Å². The van der Waals surface area contributed by atoms with Crippen molar-refractivity contribution in [3.8, 4) is 17.0 Å². The monoisotopic (exact) mass is 447 g/mol. The molecule has 0 unspecified atom stereocenters. The van der Waals surface area contributed by atoms with Crippen LogP contribution in [0.1, 0.15) is 55.4 Å². The number of hydrogen-bond acceptors (Lipinski definition) is 6. The molecule has 0 amide bonds. The van der Waals surface area contributed by atoms with E-state index in [9.17, 15) is 4.79 Å². The molecule has 0 aliphatic heterocycles. The van der Waals surface area contributed by atoms with Gasteiger partial charge in [0.1, 0.15) is 0 Å². The van der Waals surface area contributed by atoms with Crippen molar-refractivity contribution in [2.45, 2.75) is 60.4 Å². The van der Waals surface area contributed by atoms with Crippen LogP contribution in [0.4, 0.5) is 5.95 Å². The van der Waals surface area contributed by atoms with Crippen molar-refractivity contribution < 1.29 is 14.6 Å². The fourth-order valence-electron chi connectivity index (χ4n) is 3.57. The first kappa shape index (κ1) is 24.2. The minimum absolute atomic E-state index is 0.338. The molecule has 0 saturated carbocycles. The molecule has 3 rings (SSSR count). The lowest BCUT2D eigenvalue weighted by atomic mass is 10.1. The smallest absolute Gasteiger partial charge is 0.336 e. The van der Waals surface area contributed by atoms with Gasteiger partial charge in [-0.05, 0) is 56.4 Å². The number of aryl methyl sites for hydroxylation is 3. The van der Waals surface area contributed by atoms with Gasteiger partial charge in [0, 0.05) is 31.3 Å². The van der Waals surface area contributed by atoms with Crippen LogP contribution in [-0.2, 0) is 16.2 Å². The summed E-state index contributed by atoms with van der Waals surface area (Å²) in [5, 5.41) is 0. The molecular formula is C27H33N3O3. The van der Waals surface area contributed by atoms with Crippen LogP contribution in [0.3, 0.4) is 0 Å². The van der Waals surface area contributed by atoms with Crippen LogP contribution in [0, 0.1) is 20.8 Å². The summed E-state index contributed by atoms with van der Waals surface area (Å²) >= 11 is 0. The van der Waals surface area contributed by atoms with Gasteiger partial charge in [-0.2, -0.15) is 0 Å². The molecule has 0 radical (unpaired) electrons. The van der Waals surface area contributed by atoms with Crippen LogP contribution < -0.4 is 9.79 Å². The molecule has 0 aliphatic carbocycles. The molecule has 0 saturated heterocycles. The van der Waals surface area contributed by atoms with E-state index >= 15 is 0 Å². The average Bonchev–Trinajstić information content (AvgIpc) is 2.79. The van der Waals surface area contributed by atoms with Crippen molar-refractivity contribution in [1.82, 2.24) is 9.97 Å². The molecule has 6 heteroatoms. The van der Waals surface area contributed by atoms with Crippen LogP contribution in [0.5, 0.6) is 5.75 Å². The number of hydrogen-bond donors (Lipinski definition) is 0. The molecule has 0 N–H and O–H groups in total. The number of benzene rings is 2. The fraction of sp³-hybridized carbons (Fsp3) is 0.370. The fourth-order valence-corrected chi connectivity index (χ4v) is 3.57. The zero-order valence-electron chi connectivity index (χ0n) is 20.2. The molecule has 0 aliphatic rings. The van der Waals surface area contributed by atoms with Crippen LogP contribution in [0.15, 0.2) is 48.7 Å². The van der Waals surface area contributed by atoms with Crippen LogP contribution >= 0.6 is 0 Å². The zero-order valence-corrected chi connectivity index (χ0v) is 20.2. The van der Waals surface area contributed by atoms with Gasteiger partial charge in [0.2, 0.25) is 5.95 Å². The van der Waals surface area contributed by atoms with Crippen molar-refractivity contribution in [1.29, 1.82) is 0 Å². The first-order valence-electron chi connectivity index (χ1n) is 11.5. The van der Waals surface area contributed by atoms with E-state index < -0.39 is 0 Å². The molecule has 2 aromatic carbocycles. The van der Waals surface area contributed by atoms with E-state index in [2.05, 4.69) is 48.0 Å². The molecule has 174 valence electrons. The van der Waals surface area contributed by atoms with Crippen LogP contribution in [-0.4, -0.2) is 22.5 Å². The van der Waals surface area contributed by atoms with Gasteiger partial charge in [-0.15, -0.1) is 0 Å². The van der Waals surface area contributed by atoms with E-state index in [-0.39, 0.29) is 5.97 Å². The summed E-state index contributed by atoms with van der Waals surface area (Å²) in [6.45, 7) is 11.6. The Morgan fingerprint density at radius 1 is 0.970 bits per heavy atom. The Morgan fingerprint density at radius 2 is 1.73 bits per heavy atom. The molecule has 33 heavy (non-hydrogen) atoms. The van der Waals surface area contributed by atoms with Gasteiger partial charge in [0.25, 0.3) is 0 Å². The van der Waals surface area contributed by atoms with Crippen molar-refractivity contribution in [2.75, 3.05) is 11.4 Å². The van der Waals surface area contributed by atoms with E-state index in [0.29, 0.717) is 24.7 Å². The first-order chi connectivity index (χ1) is 15.9. The van der Waals surface area contributed by atoms with E-state index in [1.165, 1.54) is 5.56 Å². The normalized spacial score (nSPS) is 10.7. The highest BCUT2D eigenvalue weighted by Crippen LogP contribution is 2.25. The van der Waals surface area contributed by atoms with Gasteiger partial charge < -0.3 is 4.90 Å². The summed E-state index contributed by atoms with van der Waals surface area (Å²) in [7, 11) is 0. The Balaban J connectivity index is 1.79. The van der Waals surface area contributed by atoms with Gasteiger partial charge in [-0.25, -0.2) is 14.8 Å². The number of nitrogens with zero attached hydrogens (tertiary/aromatic N) is 3. The van der Waals surface area contributed by atoms with Gasteiger partial charge in [-0.3, -0.25) is 9.78 Å². The van der Waals surface area contributed by atoms with Crippen LogP contribution in [0.25, 0.3) is 11.3 Å². The third-order valence-corrected chi connectivity index (χ3v) is 5.35. The maximum Gasteiger partial charge on any atom is 0.355 e. The van der Waals surface area contributed by atoms with Crippen molar-refractivity contribution >= 4 is 11.9 Å². The highest BCUT2D eigenvalue weighted by Gasteiger charge is 2.14. The first-order valence-corrected chi connectivity index (χ1v) is 11.5. The minimum atomic E-state index is -0.365. The van der Waals surface area contributed by atoms with E-state index in [1.807, 2.05) is 45.2 Å². The van der Waals surface area contributed by atoms with Crippen molar-refractivity contribution in [3.63, 3.8) is 0 Å². The quantitative estimate of drug-likeness (QED) is 0.275. The summed E-state index contributed by atoms with van der Waals surface area (Å²) in [6.07, 6.45) is 3.93. The molecule has 0 fully saturated rings. The Bertz CT molecular complexity index is 1080. The molecule has 0 spiro atoms. The lowest BCUT2D eigenvalue weighted by Gasteiger charge is -2.23. The number of carbonyl (C=O) groups excluding carboxylic acids is 1. The molecule has 0 bridgehead atoms. The molecule has 0 atom stereocenters. The lowest BCUT2D eigenvalue weighted by Crippen LogP contribution is -2.26. The average molecular weight is 448 g/mol. The summed E-state index contributed by atoms with van der Waals surface area (Å²) in [4.78, 5) is 33.4. The molecular weight excluding hydrogens is 414 g/mol. The third kappa shape index (κ3) is 6.54. The summed E-state index contributed by atoms with van der Waals surface area (Å²) in [5.41, 5.74) is 6.32. The number of aromatic nitrogens is 2. The Hall–Kier alpha value is -3.41. The number of rotatable bonds is 10. The molecule has 1 aromatic heterocycles. The SMILES string of the molecule is CCCC(=O)OOc1ccc(CN(CCC)c2ncc(C)c(-c3ccc(C)cc3)n2)cc1C. The second-order valence-corrected chi connectivity index (χ2v) is 8.38. The number of anilines is 1. The zero-order chi connectivity index (χ0) is 23.8. The van der Waals surface area contributed by atoms with Gasteiger partial charge in [-0.1, -0.05) is 55.8 Å². The topological polar surface area (TPSA) is 64.6 Å². The Morgan fingerprint density at radius 3 is 2.39 bits per heavy atom. The summed E-state index contributed by atoms with van der Waals surface area (Å²) in [5.74, 6) is 0.888. The van der Waals surface area contributed by atoms with Gasteiger partial charge >= 0.3 is 5.97 Å². The second-order valence-electron chi connectivity index (χ2n) is 8.38. The largest absolute Gasteiger partial charge is 0.355 e. The maximum atomic E-state index is 11.6. The van der Waals surface area contributed by atoms with E-state index in [1.54, 1.807) is 0 Å². The maximum absolute atomic E-state index is 11.6. The highest BCUT2D eigenvalue weighted by atomic mass is 17.2. The predicted molar refractivity (Wildman–Crippen MR) is 131 cm³/mol. The minimum Gasteiger partial charge on any atom is -0.336 e. The highest BCUT2D eigenvalue weighted by molar-refractivity contribution is 5.68. The van der Waals surface area contributed by atoms with Crippen molar-refractivity contribution in [3.05, 3.63) is 70.9 Å². The predicted octanol–water partition coefficient (Wildman–Crippen LogP) is 6.12. The standard InChI is InChI=1S/C27H33N3O3/c1-6-8-25(31)33-32-24-14-11-22(16-20(24)4)18-30(15-7-2)27-28-17-21(5)26(29-27)23-12-9-19(3)10-13-23/h9-14,16-17H,6-8,15,18H2,1-5H3. The second kappa shape index (κ2) is 11.5. The van der Waals surface area contributed by atoms with Gasteiger partial charge in [0.05, 0.1) is 5.69 Å². The van der Waals surface area contributed by atoms with Crippen LogP contribution in [0.2, 0.25) is 0 Å². The summed E-state index contributed by atoms with van der Waals surface area (Å²) in [6, 6.07) is 14.3. The van der Waals surface area contributed by atoms with E-state index in [0.717, 1.165) is 47.3 Å². The number of carbonyl (C=O) groups is 1. The molecule has 1 heterocycles. The van der Waals surface area contributed by atoms with Crippen molar-refractivity contribution in [2.24, 2.45) is 0 Å². The summed E-state index contributed by atoms with van der Waals surface area (Å²) < 4.78 is 0. The Kier molecular flexibility index (Phi) is 8.41. The lowest BCUT2D eigenvalue weighted by molar-refractivity contribution is -0.214. The van der Waals surface area contributed by atoms with Gasteiger partial charge in [0.15, 0.2) is 5.75 Å². The molecule has 3 aromatic rings. The molecule has 6 nitrogen and oxygen atoms in total. The third-order valence-electron chi connectivity index (χ3n) is 5.35. The Labute approximate surface area is 196 Å².